The van der Waals surface area contributed by atoms with Crippen LogP contribution in [-0.4, -0.2) is 38.2 Å². The molecule has 7 nitrogen and oxygen atoms in total. The van der Waals surface area contributed by atoms with E-state index < -0.39 is 18.6 Å². The average Bonchev–Trinajstić information content (AvgIpc) is 3.32. The Balaban J connectivity index is 1.60. The lowest BCUT2D eigenvalue weighted by Gasteiger charge is -2.06. The van der Waals surface area contributed by atoms with Gasteiger partial charge in [-0.1, -0.05) is 0 Å². The number of nitrogens with zero attached hydrogens (tertiary/aromatic N) is 4. The van der Waals surface area contributed by atoms with Crippen molar-refractivity contribution in [2.24, 2.45) is 0 Å². The number of rotatable bonds is 4. The van der Waals surface area contributed by atoms with Gasteiger partial charge in [0.1, 0.15) is 12.4 Å². The molecule has 4 aromatic heterocycles. The number of nitrogens with one attached hydrogen (secondary N) is 1. The fraction of sp³-hybridized carbons (Fsp3) is 0.111. The molecule has 0 saturated heterocycles. The Kier molecular flexibility index (Phi) is 4.66. The van der Waals surface area contributed by atoms with Crippen molar-refractivity contribution in [3.63, 3.8) is 0 Å². The predicted molar refractivity (Wildman–Crippen MR) is 102 cm³/mol. The van der Waals surface area contributed by atoms with Crippen LogP contribution in [0, 0.1) is 0 Å². The van der Waals surface area contributed by atoms with Crippen molar-refractivity contribution in [3.05, 3.63) is 53.2 Å². The van der Waals surface area contributed by atoms with Gasteiger partial charge in [0.15, 0.2) is 5.65 Å². The van der Waals surface area contributed by atoms with Gasteiger partial charge in [-0.3, -0.25) is 4.79 Å². The summed E-state index contributed by atoms with van der Waals surface area (Å²) in [4.78, 5) is 20.6. The van der Waals surface area contributed by atoms with E-state index in [1.165, 1.54) is 6.07 Å². The number of carbonyl (C=O) groups excluding carboxylic acids is 1. The van der Waals surface area contributed by atoms with E-state index >= 15 is 0 Å². The second-order valence-electron chi connectivity index (χ2n) is 6.14. The van der Waals surface area contributed by atoms with Crippen molar-refractivity contribution in [2.75, 3.05) is 12.3 Å². The Morgan fingerprint density at radius 3 is 2.66 bits per heavy atom. The molecule has 4 heterocycles. The van der Waals surface area contributed by atoms with Crippen molar-refractivity contribution in [1.29, 1.82) is 0 Å². The fourth-order valence-electron chi connectivity index (χ4n) is 2.67. The maximum atomic E-state index is 12.3. The summed E-state index contributed by atoms with van der Waals surface area (Å²) in [6.07, 6.45) is 2.21. The van der Waals surface area contributed by atoms with Crippen LogP contribution in [-0.2, 0) is 0 Å². The molecule has 0 aromatic carbocycles. The topological polar surface area (TPSA) is 98.2 Å². The minimum atomic E-state index is -4.46. The highest BCUT2D eigenvalue weighted by Gasteiger charge is 2.28. The normalized spacial score (nSPS) is 11.7. The average molecular weight is 418 g/mol. The van der Waals surface area contributed by atoms with Gasteiger partial charge in [-0.15, -0.1) is 11.3 Å². The molecule has 4 rings (SSSR count). The summed E-state index contributed by atoms with van der Waals surface area (Å²) >= 11 is 1.05. The summed E-state index contributed by atoms with van der Waals surface area (Å²) in [7, 11) is 0. The first-order valence-electron chi connectivity index (χ1n) is 8.29. The second kappa shape index (κ2) is 7.17. The number of halogens is 3. The van der Waals surface area contributed by atoms with E-state index in [0.717, 1.165) is 22.5 Å². The van der Waals surface area contributed by atoms with Crippen LogP contribution in [0.25, 0.3) is 27.9 Å². The lowest BCUT2D eigenvalue weighted by atomic mass is 10.1. The van der Waals surface area contributed by atoms with Crippen molar-refractivity contribution in [3.8, 4) is 22.3 Å². The minimum Gasteiger partial charge on any atom is -0.384 e. The van der Waals surface area contributed by atoms with Crippen molar-refractivity contribution in [2.45, 2.75) is 6.18 Å². The largest absolute Gasteiger partial charge is 0.405 e. The van der Waals surface area contributed by atoms with Crippen LogP contribution in [0.3, 0.4) is 0 Å². The zero-order valence-corrected chi connectivity index (χ0v) is 15.5. The first kappa shape index (κ1) is 18.9. The first-order chi connectivity index (χ1) is 13.8. The molecule has 0 unspecified atom stereocenters. The molecule has 3 N–H and O–H groups in total. The number of nitrogens with two attached hydrogens (primary N) is 1. The zero-order chi connectivity index (χ0) is 20.6. The Labute approximate surface area is 166 Å². The third-order valence-corrected chi connectivity index (χ3v) is 4.99. The van der Waals surface area contributed by atoms with Crippen LogP contribution in [0.1, 0.15) is 9.67 Å². The maximum absolute atomic E-state index is 12.3. The number of hydrogen-bond acceptors (Lipinski definition) is 6. The Morgan fingerprint density at radius 2 is 1.93 bits per heavy atom. The summed E-state index contributed by atoms with van der Waals surface area (Å²) in [6.45, 7) is -1.37. The highest BCUT2D eigenvalue weighted by molar-refractivity contribution is 7.12. The van der Waals surface area contributed by atoms with Gasteiger partial charge in [0.25, 0.3) is 5.91 Å². The molecule has 11 heteroatoms. The third-order valence-electron chi connectivity index (χ3n) is 4.06. The van der Waals surface area contributed by atoms with Crippen LogP contribution in [0.15, 0.2) is 48.4 Å². The SMILES string of the molecule is Nc1ccc(-c2cnc3c(-c4csc(C(=O)NCC(F)(F)F)c4)cnn3c2)cn1. The molecule has 148 valence electrons. The fourth-order valence-corrected chi connectivity index (χ4v) is 3.49. The van der Waals surface area contributed by atoms with Gasteiger partial charge in [-0.05, 0) is 29.1 Å². The molecule has 0 atom stereocenters. The molecule has 1 amide bonds. The lowest BCUT2D eigenvalue weighted by molar-refractivity contribution is -0.123. The molecule has 0 spiro atoms. The molecule has 4 aromatic rings. The molecule has 0 fully saturated rings. The van der Waals surface area contributed by atoms with Gasteiger partial charge in [0, 0.05) is 35.3 Å². The quantitative estimate of drug-likeness (QED) is 0.529. The zero-order valence-electron chi connectivity index (χ0n) is 14.6. The van der Waals surface area contributed by atoms with Gasteiger partial charge >= 0.3 is 6.18 Å². The van der Waals surface area contributed by atoms with Crippen molar-refractivity contribution < 1.29 is 18.0 Å². The summed E-state index contributed by atoms with van der Waals surface area (Å²) in [5, 5.41) is 7.82. The van der Waals surface area contributed by atoms with E-state index in [1.54, 1.807) is 40.7 Å². The highest BCUT2D eigenvalue weighted by Crippen LogP contribution is 2.29. The number of thiophene rings is 1. The number of aromatic nitrogens is 4. The molecule has 0 radical (unpaired) electrons. The summed E-state index contributed by atoms with van der Waals surface area (Å²) in [6, 6.07) is 5.03. The van der Waals surface area contributed by atoms with E-state index in [-0.39, 0.29) is 4.88 Å². The highest BCUT2D eigenvalue weighted by atomic mass is 32.1. The van der Waals surface area contributed by atoms with Crippen molar-refractivity contribution in [1.82, 2.24) is 24.9 Å². The summed E-state index contributed by atoms with van der Waals surface area (Å²) < 4.78 is 38.4. The number of nitrogen functional groups attached to an aromatic ring is 1. The minimum absolute atomic E-state index is 0.174. The van der Waals surface area contributed by atoms with Gasteiger partial charge in [-0.25, -0.2) is 14.5 Å². The molecular weight excluding hydrogens is 405 g/mol. The van der Waals surface area contributed by atoms with E-state index in [1.807, 2.05) is 11.4 Å². The van der Waals surface area contributed by atoms with Crippen molar-refractivity contribution >= 4 is 28.7 Å². The van der Waals surface area contributed by atoms with Crippen LogP contribution in [0.5, 0.6) is 0 Å². The molecular formula is C18H13F3N6OS. The van der Waals surface area contributed by atoms with Gasteiger partial charge in [0.2, 0.25) is 0 Å². The summed E-state index contributed by atoms with van der Waals surface area (Å²) in [5.74, 6) is -0.363. The van der Waals surface area contributed by atoms with Gasteiger partial charge in [-0.2, -0.15) is 18.3 Å². The molecule has 29 heavy (non-hydrogen) atoms. The summed E-state index contributed by atoms with van der Waals surface area (Å²) in [5.41, 5.74) is 9.08. The molecule has 0 aliphatic heterocycles. The van der Waals surface area contributed by atoms with Gasteiger partial charge in [0.05, 0.1) is 11.1 Å². The Bertz CT molecular complexity index is 1180. The number of alkyl halides is 3. The molecule has 0 aliphatic rings. The maximum Gasteiger partial charge on any atom is 0.405 e. The third kappa shape index (κ3) is 4.04. The number of carbonyl (C=O) groups is 1. The van der Waals surface area contributed by atoms with Crippen LogP contribution >= 0.6 is 11.3 Å². The number of hydrogen-bond donors (Lipinski definition) is 2. The molecule has 0 saturated carbocycles. The van der Waals surface area contributed by atoms with E-state index in [9.17, 15) is 18.0 Å². The molecule has 0 aliphatic carbocycles. The van der Waals surface area contributed by atoms with Gasteiger partial charge < -0.3 is 11.1 Å². The van der Waals surface area contributed by atoms with Crippen LogP contribution in [0.2, 0.25) is 0 Å². The Morgan fingerprint density at radius 1 is 1.14 bits per heavy atom. The lowest BCUT2D eigenvalue weighted by Crippen LogP contribution is -2.33. The second-order valence-corrected chi connectivity index (χ2v) is 7.05. The van der Waals surface area contributed by atoms with Crippen LogP contribution < -0.4 is 11.1 Å². The monoisotopic (exact) mass is 418 g/mol. The first-order valence-corrected chi connectivity index (χ1v) is 9.17. The number of anilines is 1. The number of pyridine rings is 1. The predicted octanol–water partition coefficient (Wildman–Crippen LogP) is 3.39. The number of fused-ring (bicyclic) bond motifs is 1. The molecule has 0 bridgehead atoms. The van der Waals surface area contributed by atoms with Crippen LogP contribution in [0.4, 0.5) is 19.0 Å². The van der Waals surface area contributed by atoms with E-state index in [0.29, 0.717) is 22.6 Å². The van der Waals surface area contributed by atoms with E-state index in [4.69, 9.17) is 5.73 Å². The Hall–Kier alpha value is -3.47. The van der Waals surface area contributed by atoms with E-state index in [2.05, 4.69) is 15.1 Å². The standard InChI is InChI=1S/C18H13F3N6OS/c19-18(20,21)9-25-17(28)14-3-11(8-29-14)13-6-26-27-7-12(5-24-16(13)27)10-1-2-15(22)23-4-10/h1-8H,9H2,(H2,22,23)(H,25,28). The smallest absolute Gasteiger partial charge is 0.384 e. The number of amides is 1.